The lowest BCUT2D eigenvalue weighted by Gasteiger charge is -2.17. The van der Waals surface area contributed by atoms with E-state index in [1.165, 1.54) is 11.8 Å². The molecule has 1 atom stereocenters. The number of rotatable bonds is 9. The van der Waals surface area contributed by atoms with Crippen molar-refractivity contribution in [1.29, 1.82) is 0 Å². The van der Waals surface area contributed by atoms with E-state index >= 15 is 0 Å². The molecule has 1 aromatic carbocycles. The standard InChI is InChI=1S/C13H21O4PS/c1-4-16-10-18(14,17-5-2)11-19-13-8-6-12(15-3)7-9-13/h6-9H,4-5,10-11H2,1-3H3. The van der Waals surface area contributed by atoms with Crippen molar-refractivity contribution in [2.24, 2.45) is 0 Å². The van der Waals surface area contributed by atoms with Crippen LogP contribution in [0.3, 0.4) is 0 Å². The summed E-state index contributed by atoms with van der Waals surface area (Å²) in [5.74, 6) is 0.812. The molecular formula is C13H21O4PS. The molecule has 4 nitrogen and oxygen atoms in total. The van der Waals surface area contributed by atoms with Gasteiger partial charge in [0.25, 0.3) is 0 Å². The third kappa shape index (κ3) is 6.00. The zero-order valence-electron chi connectivity index (χ0n) is 11.6. The summed E-state index contributed by atoms with van der Waals surface area (Å²) in [6.07, 6.45) is 0.181. The SMILES string of the molecule is CCOCP(=O)(CSc1ccc(OC)cc1)OCC. The van der Waals surface area contributed by atoms with Crippen molar-refractivity contribution in [1.82, 2.24) is 0 Å². The number of thioether (sulfide) groups is 1. The topological polar surface area (TPSA) is 44.8 Å². The lowest BCUT2D eigenvalue weighted by atomic mass is 10.3. The second-order valence-electron chi connectivity index (χ2n) is 3.80. The molecule has 0 fully saturated rings. The molecule has 0 saturated heterocycles. The van der Waals surface area contributed by atoms with Crippen LogP contribution in [0.1, 0.15) is 13.8 Å². The summed E-state index contributed by atoms with van der Waals surface area (Å²) in [7, 11) is -1.08. The second kappa shape index (κ2) is 8.64. The molecule has 0 aliphatic rings. The van der Waals surface area contributed by atoms with Gasteiger partial charge in [0, 0.05) is 11.5 Å². The molecule has 0 spiro atoms. The average Bonchev–Trinajstić information content (AvgIpc) is 2.44. The van der Waals surface area contributed by atoms with Gasteiger partial charge in [-0.3, -0.25) is 4.57 Å². The fourth-order valence-corrected chi connectivity index (χ4v) is 4.74. The predicted molar refractivity (Wildman–Crippen MR) is 79.4 cm³/mol. The van der Waals surface area contributed by atoms with E-state index in [0.717, 1.165) is 10.6 Å². The maximum Gasteiger partial charge on any atom is 0.237 e. The summed E-state index contributed by atoms with van der Waals surface area (Å²) in [6, 6.07) is 7.66. The minimum Gasteiger partial charge on any atom is -0.497 e. The highest BCUT2D eigenvalue weighted by atomic mass is 32.2. The van der Waals surface area contributed by atoms with Crippen LogP contribution in [-0.4, -0.2) is 32.2 Å². The van der Waals surface area contributed by atoms with Crippen LogP contribution < -0.4 is 4.74 Å². The highest BCUT2D eigenvalue weighted by molar-refractivity contribution is 8.05. The van der Waals surface area contributed by atoms with Crippen molar-refractivity contribution < 1.29 is 18.6 Å². The van der Waals surface area contributed by atoms with Gasteiger partial charge in [0.15, 0.2) is 0 Å². The van der Waals surface area contributed by atoms with Gasteiger partial charge in [0.1, 0.15) is 12.1 Å². The van der Waals surface area contributed by atoms with Crippen LogP contribution in [0.25, 0.3) is 0 Å². The summed E-state index contributed by atoms with van der Waals surface area (Å²) < 4.78 is 28.2. The van der Waals surface area contributed by atoms with Gasteiger partial charge in [-0.2, -0.15) is 0 Å². The summed E-state index contributed by atoms with van der Waals surface area (Å²) in [5.41, 5.74) is 0.424. The van der Waals surface area contributed by atoms with E-state index in [1.54, 1.807) is 7.11 Å². The summed E-state index contributed by atoms with van der Waals surface area (Å²) in [5, 5.41) is 0. The van der Waals surface area contributed by atoms with Gasteiger partial charge < -0.3 is 14.0 Å². The molecule has 0 saturated carbocycles. The Morgan fingerprint density at radius 2 is 1.84 bits per heavy atom. The molecule has 108 valence electrons. The van der Waals surface area contributed by atoms with Gasteiger partial charge in [-0.15, -0.1) is 11.8 Å². The van der Waals surface area contributed by atoms with Crippen LogP contribution >= 0.6 is 19.1 Å². The van der Waals surface area contributed by atoms with E-state index in [4.69, 9.17) is 14.0 Å². The Bertz CT molecular complexity index is 408. The van der Waals surface area contributed by atoms with Gasteiger partial charge in [0.2, 0.25) is 7.37 Å². The van der Waals surface area contributed by atoms with Crippen molar-refractivity contribution in [3.63, 3.8) is 0 Å². The number of ether oxygens (including phenoxy) is 2. The van der Waals surface area contributed by atoms with Gasteiger partial charge in [-0.25, -0.2) is 0 Å². The van der Waals surface area contributed by atoms with Crippen molar-refractivity contribution in [2.45, 2.75) is 18.7 Å². The predicted octanol–water partition coefficient (Wildman–Crippen LogP) is 4.05. The highest BCUT2D eigenvalue weighted by Gasteiger charge is 2.23. The van der Waals surface area contributed by atoms with Crippen molar-refractivity contribution in [2.75, 3.05) is 32.2 Å². The minimum atomic E-state index is -2.71. The smallest absolute Gasteiger partial charge is 0.237 e. The first kappa shape index (κ1) is 16.6. The number of hydrogen-bond acceptors (Lipinski definition) is 5. The molecule has 0 heterocycles. The average molecular weight is 304 g/mol. The summed E-state index contributed by atoms with van der Waals surface area (Å²) >= 11 is 1.51. The van der Waals surface area contributed by atoms with Gasteiger partial charge >= 0.3 is 0 Å². The van der Waals surface area contributed by atoms with Gasteiger partial charge in [0.05, 0.1) is 19.2 Å². The minimum absolute atomic E-state index is 0.181. The molecule has 1 unspecified atom stereocenters. The van der Waals surface area contributed by atoms with Crippen LogP contribution in [0.2, 0.25) is 0 Å². The molecule has 19 heavy (non-hydrogen) atoms. The normalized spacial score (nSPS) is 14.1. The van der Waals surface area contributed by atoms with Crippen molar-refractivity contribution >= 4 is 19.1 Å². The van der Waals surface area contributed by atoms with Crippen LogP contribution in [0.4, 0.5) is 0 Å². The Balaban J connectivity index is 2.56. The number of methoxy groups -OCH3 is 1. The first-order chi connectivity index (χ1) is 9.13. The van der Waals surface area contributed by atoms with E-state index in [-0.39, 0.29) is 6.35 Å². The molecule has 0 amide bonds. The zero-order valence-corrected chi connectivity index (χ0v) is 13.3. The lowest BCUT2D eigenvalue weighted by molar-refractivity contribution is 0.176. The molecular weight excluding hydrogens is 283 g/mol. The maximum absolute atomic E-state index is 12.5. The molecule has 0 aliphatic carbocycles. The molecule has 6 heteroatoms. The van der Waals surface area contributed by atoms with E-state index in [0.29, 0.717) is 18.7 Å². The molecule has 1 aromatic rings. The van der Waals surface area contributed by atoms with Crippen LogP contribution in [0, 0.1) is 0 Å². The van der Waals surface area contributed by atoms with Gasteiger partial charge in [-0.05, 0) is 38.1 Å². The number of hydrogen-bond donors (Lipinski definition) is 0. The maximum atomic E-state index is 12.5. The third-order valence-electron chi connectivity index (χ3n) is 2.34. The van der Waals surface area contributed by atoms with Crippen LogP contribution in [0.5, 0.6) is 5.75 Å². The Hall–Kier alpha value is -0.480. The number of benzene rings is 1. The Morgan fingerprint density at radius 1 is 1.16 bits per heavy atom. The molecule has 0 radical (unpaired) electrons. The third-order valence-corrected chi connectivity index (χ3v) is 6.34. The molecule has 0 bridgehead atoms. The Labute approximate surface area is 119 Å². The molecule has 0 N–H and O–H groups in total. The second-order valence-corrected chi connectivity index (χ2v) is 7.74. The lowest BCUT2D eigenvalue weighted by Crippen LogP contribution is -2.01. The van der Waals surface area contributed by atoms with Crippen LogP contribution in [-0.2, 0) is 13.8 Å². The van der Waals surface area contributed by atoms with E-state index in [9.17, 15) is 4.57 Å². The zero-order chi connectivity index (χ0) is 14.1. The fourth-order valence-electron chi connectivity index (χ4n) is 1.42. The summed E-state index contributed by atoms with van der Waals surface area (Å²) in [4.78, 5) is 1.04. The first-order valence-electron chi connectivity index (χ1n) is 6.20. The Morgan fingerprint density at radius 3 is 2.37 bits per heavy atom. The van der Waals surface area contributed by atoms with Crippen molar-refractivity contribution in [3.05, 3.63) is 24.3 Å². The van der Waals surface area contributed by atoms with Gasteiger partial charge in [-0.1, -0.05) is 0 Å². The van der Waals surface area contributed by atoms with E-state index in [1.807, 2.05) is 38.1 Å². The monoisotopic (exact) mass is 304 g/mol. The highest BCUT2D eigenvalue weighted by Crippen LogP contribution is 2.51. The van der Waals surface area contributed by atoms with Crippen molar-refractivity contribution in [3.8, 4) is 5.75 Å². The molecule has 1 rings (SSSR count). The van der Waals surface area contributed by atoms with E-state index in [2.05, 4.69) is 0 Å². The molecule has 0 aromatic heterocycles. The first-order valence-corrected chi connectivity index (χ1v) is 9.19. The summed E-state index contributed by atoms with van der Waals surface area (Å²) in [6.45, 7) is 4.71. The van der Waals surface area contributed by atoms with Crippen LogP contribution in [0.15, 0.2) is 29.2 Å². The van der Waals surface area contributed by atoms with E-state index < -0.39 is 7.37 Å². The quantitative estimate of drug-likeness (QED) is 0.508. The Kier molecular flexibility index (Phi) is 7.54. The fraction of sp³-hybridized carbons (Fsp3) is 0.538. The molecule has 0 aliphatic heterocycles. The largest absolute Gasteiger partial charge is 0.497 e.